The standard InChI is InChI=1S/C14H25N/c1-4-12-11(10(2)3)7-14(9-15-14)8-13(12)5-6-13/h10-12,15H,4-9H2,1-3H3. The fourth-order valence-corrected chi connectivity index (χ4v) is 4.46. The molecule has 1 aliphatic heterocycles. The van der Waals surface area contributed by atoms with Crippen molar-refractivity contribution in [2.45, 2.75) is 58.4 Å². The molecule has 0 aromatic carbocycles. The lowest BCUT2D eigenvalue weighted by atomic mass is 9.61. The van der Waals surface area contributed by atoms with Crippen LogP contribution in [-0.2, 0) is 0 Å². The molecule has 2 saturated carbocycles. The fourth-order valence-electron chi connectivity index (χ4n) is 4.46. The average Bonchev–Trinajstić information content (AvgIpc) is 3.08. The van der Waals surface area contributed by atoms with Crippen molar-refractivity contribution in [3.05, 3.63) is 0 Å². The van der Waals surface area contributed by atoms with E-state index < -0.39 is 0 Å². The first-order valence-corrected chi connectivity index (χ1v) is 6.86. The quantitative estimate of drug-likeness (QED) is 0.690. The Balaban J connectivity index is 1.85. The van der Waals surface area contributed by atoms with Crippen molar-refractivity contribution < 1.29 is 0 Å². The van der Waals surface area contributed by atoms with Gasteiger partial charge >= 0.3 is 0 Å². The lowest BCUT2D eigenvalue weighted by Crippen LogP contribution is -2.41. The van der Waals surface area contributed by atoms with E-state index in [2.05, 4.69) is 26.1 Å². The van der Waals surface area contributed by atoms with Crippen molar-refractivity contribution >= 4 is 0 Å². The van der Waals surface area contributed by atoms with E-state index in [1.807, 2.05) is 0 Å². The van der Waals surface area contributed by atoms with Crippen molar-refractivity contribution in [1.82, 2.24) is 5.32 Å². The predicted molar refractivity (Wildman–Crippen MR) is 63.7 cm³/mol. The van der Waals surface area contributed by atoms with Gasteiger partial charge in [-0.1, -0.05) is 27.2 Å². The first-order chi connectivity index (χ1) is 7.11. The minimum Gasteiger partial charge on any atom is -0.308 e. The Kier molecular flexibility index (Phi) is 2.03. The summed E-state index contributed by atoms with van der Waals surface area (Å²) in [6.45, 7) is 8.60. The number of rotatable bonds is 2. The van der Waals surface area contributed by atoms with Crippen LogP contribution in [-0.4, -0.2) is 12.1 Å². The summed E-state index contributed by atoms with van der Waals surface area (Å²) in [6.07, 6.45) is 7.43. The fraction of sp³-hybridized carbons (Fsp3) is 1.00. The molecule has 3 rings (SSSR count). The molecule has 0 aromatic heterocycles. The van der Waals surface area contributed by atoms with Crippen LogP contribution in [0.5, 0.6) is 0 Å². The maximum Gasteiger partial charge on any atom is 0.0315 e. The number of hydrogen-bond acceptors (Lipinski definition) is 1. The van der Waals surface area contributed by atoms with Gasteiger partial charge in [-0.15, -0.1) is 0 Å². The highest BCUT2D eigenvalue weighted by Crippen LogP contribution is 2.66. The maximum atomic E-state index is 3.67. The third-order valence-corrected chi connectivity index (χ3v) is 5.49. The second-order valence-corrected chi connectivity index (χ2v) is 6.80. The van der Waals surface area contributed by atoms with Gasteiger partial charge in [0.15, 0.2) is 0 Å². The van der Waals surface area contributed by atoms with E-state index in [-0.39, 0.29) is 0 Å². The summed E-state index contributed by atoms with van der Waals surface area (Å²) in [6, 6.07) is 0. The van der Waals surface area contributed by atoms with Crippen molar-refractivity contribution in [2.75, 3.05) is 6.54 Å². The largest absolute Gasteiger partial charge is 0.308 e. The van der Waals surface area contributed by atoms with Crippen LogP contribution in [0.1, 0.15) is 52.9 Å². The molecular formula is C14H25N. The Labute approximate surface area is 94.0 Å². The number of hydrogen-bond donors (Lipinski definition) is 1. The van der Waals surface area contributed by atoms with Gasteiger partial charge in [0.1, 0.15) is 0 Å². The van der Waals surface area contributed by atoms with Gasteiger partial charge in [-0.3, -0.25) is 0 Å². The molecule has 3 fully saturated rings. The summed E-state index contributed by atoms with van der Waals surface area (Å²) < 4.78 is 0. The molecule has 2 aliphatic carbocycles. The molecular weight excluding hydrogens is 182 g/mol. The summed E-state index contributed by atoms with van der Waals surface area (Å²) in [4.78, 5) is 0. The van der Waals surface area contributed by atoms with Gasteiger partial charge in [0, 0.05) is 12.1 Å². The van der Waals surface area contributed by atoms with E-state index in [9.17, 15) is 0 Å². The van der Waals surface area contributed by atoms with Crippen LogP contribution in [0.25, 0.3) is 0 Å². The molecule has 3 atom stereocenters. The molecule has 1 N–H and O–H groups in total. The minimum absolute atomic E-state index is 0.608. The summed E-state index contributed by atoms with van der Waals surface area (Å²) >= 11 is 0. The van der Waals surface area contributed by atoms with E-state index in [0.717, 1.165) is 23.2 Å². The third-order valence-electron chi connectivity index (χ3n) is 5.49. The molecule has 15 heavy (non-hydrogen) atoms. The van der Waals surface area contributed by atoms with Gasteiger partial charge in [0.25, 0.3) is 0 Å². The summed E-state index contributed by atoms with van der Waals surface area (Å²) in [5, 5.41) is 3.67. The predicted octanol–water partition coefficient (Wildman–Crippen LogP) is 3.20. The Morgan fingerprint density at radius 3 is 2.40 bits per heavy atom. The van der Waals surface area contributed by atoms with E-state index in [1.165, 1.54) is 38.6 Å². The maximum absolute atomic E-state index is 3.67. The minimum atomic E-state index is 0.608. The Morgan fingerprint density at radius 1 is 1.33 bits per heavy atom. The second-order valence-electron chi connectivity index (χ2n) is 6.80. The van der Waals surface area contributed by atoms with Gasteiger partial charge in [-0.2, -0.15) is 0 Å². The molecule has 2 spiro atoms. The normalized spacial score (nSPS) is 46.4. The van der Waals surface area contributed by atoms with Crippen molar-refractivity contribution in [1.29, 1.82) is 0 Å². The Morgan fingerprint density at radius 2 is 2.00 bits per heavy atom. The molecule has 1 heteroatoms. The average molecular weight is 207 g/mol. The van der Waals surface area contributed by atoms with Crippen LogP contribution in [0.3, 0.4) is 0 Å². The lowest BCUT2D eigenvalue weighted by Gasteiger charge is -2.44. The Hall–Kier alpha value is -0.0400. The first kappa shape index (κ1) is 10.1. The van der Waals surface area contributed by atoms with Crippen LogP contribution in [0.15, 0.2) is 0 Å². The third kappa shape index (κ3) is 1.46. The molecule has 0 bridgehead atoms. The molecule has 86 valence electrons. The van der Waals surface area contributed by atoms with Crippen LogP contribution in [0.4, 0.5) is 0 Å². The smallest absolute Gasteiger partial charge is 0.0315 e. The zero-order valence-corrected chi connectivity index (χ0v) is 10.5. The zero-order valence-electron chi connectivity index (χ0n) is 10.5. The molecule has 3 aliphatic rings. The van der Waals surface area contributed by atoms with E-state index >= 15 is 0 Å². The SMILES string of the molecule is CCC1C(C(C)C)CC2(CN2)CC12CC2. The molecule has 0 aromatic rings. The molecule has 1 nitrogen and oxygen atoms in total. The van der Waals surface area contributed by atoms with Gasteiger partial charge in [0.05, 0.1) is 0 Å². The van der Waals surface area contributed by atoms with E-state index in [1.54, 1.807) is 0 Å². The monoisotopic (exact) mass is 207 g/mol. The molecule has 1 saturated heterocycles. The highest BCUT2D eigenvalue weighted by Gasteiger charge is 2.62. The molecule has 1 heterocycles. The molecule has 0 radical (unpaired) electrons. The highest BCUT2D eigenvalue weighted by molar-refractivity contribution is 5.18. The van der Waals surface area contributed by atoms with Gasteiger partial charge < -0.3 is 5.32 Å². The van der Waals surface area contributed by atoms with Gasteiger partial charge in [-0.05, 0) is 48.9 Å². The summed E-state index contributed by atoms with van der Waals surface area (Å²) in [5.74, 6) is 2.90. The summed E-state index contributed by atoms with van der Waals surface area (Å²) in [7, 11) is 0. The van der Waals surface area contributed by atoms with Crippen molar-refractivity contribution in [3.8, 4) is 0 Å². The lowest BCUT2D eigenvalue weighted by molar-refractivity contribution is 0.0687. The van der Waals surface area contributed by atoms with Crippen LogP contribution < -0.4 is 5.32 Å². The first-order valence-electron chi connectivity index (χ1n) is 6.86. The van der Waals surface area contributed by atoms with Gasteiger partial charge in [0.2, 0.25) is 0 Å². The number of nitrogens with one attached hydrogen (secondary N) is 1. The summed E-state index contributed by atoms with van der Waals surface area (Å²) in [5.41, 5.74) is 1.39. The molecule has 3 unspecified atom stereocenters. The Bertz CT molecular complexity index is 261. The van der Waals surface area contributed by atoms with Crippen molar-refractivity contribution in [3.63, 3.8) is 0 Å². The van der Waals surface area contributed by atoms with E-state index in [4.69, 9.17) is 0 Å². The highest BCUT2D eigenvalue weighted by atomic mass is 15.2. The second kappa shape index (κ2) is 3.00. The van der Waals surface area contributed by atoms with Crippen LogP contribution >= 0.6 is 0 Å². The van der Waals surface area contributed by atoms with Gasteiger partial charge in [-0.25, -0.2) is 0 Å². The van der Waals surface area contributed by atoms with Crippen LogP contribution in [0.2, 0.25) is 0 Å². The topological polar surface area (TPSA) is 21.9 Å². The van der Waals surface area contributed by atoms with Crippen molar-refractivity contribution in [2.24, 2.45) is 23.2 Å². The zero-order chi connectivity index (χ0) is 10.7. The van der Waals surface area contributed by atoms with E-state index in [0.29, 0.717) is 5.54 Å². The molecule has 0 amide bonds. The van der Waals surface area contributed by atoms with Crippen LogP contribution in [0, 0.1) is 23.2 Å².